The van der Waals surface area contributed by atoms with Gasteiger partial charge in [-0.15, -0.1) is 0 Å². The maximum atomic E-state index is 11.0. The number of carbonyl (C=O) groups is 1. The third-order valence-electron chi connectivity index (χ3n) is 4.51. The van der Waals surface area contributed by atoms with E-state index < -0.39 is 6.09 Å². The molecular formula is C17H22N2O4. The van der Waals surface area contributed by atoms with Crippen LogP contribution in [0.25, 0.3) is 5.57 Å². The van der Waals surface area contributed by atoms with Crippen LogP contribution >= 0.6 is 0 Å². The summed E-state index contributed by atoms with van der Waals surface area (Å²) < 4.78 is 11.3. The van der Waals surface area contributed by atoms with E-state index in [0.717, 1.165) is 49.4 Å². The number of ether oxygens (including phenoxy) is 2. The molecule has 124 valence electrons. The summed E-state index contributed by atoms with van der Waals surface area (Å²) in [7, 11) is 0. The van der Waals surface area contributed by atoms with Crippen LogP contribution in [0.4, 0.5) is 4.79 Å². The standard InChI is InChI=1S/C17H22N2O4/c1-12(13-2-5-19(11-13)17(20)21)14-8-16(10-18-9-14)23-15-3-6-22-7-4-15/h8-10,13,15H,1-7,11H2,(H,20,21). The van der Waals surface area contributed by atoms with Gasteiger partial charge in [-0.25, -0.2) is 4.79 Å². The third kappa shape index (κ3) is 3.82. The van der Waals surface area contributed by atoms with E-state index in [2.05, 4.69) is 11.6 Å². The first-order valence-corrected chi connectivity index (χ1v) is 8.00. The molecule has 1 aromatic heterocycles. The lowest BCUT2D eigenvalue weighted by Gasteiger charge is -2.23. The summed E-state index contributed by atoms with van der Waals surface area (Å²) in [6.07, 6.45) is 5.37. The summed E-state index contributed by atoms with van der Waals surface area (Å²) in [6.45, 7) is 6.68. The van der Waals surface area contributed by atoms with E-state index in [9.17, 15) is 4.79 Å². The number of hydrogen-bond donors (Lipinski definition) is 1. The molecule has 1 unspecified atom stereocenters. The van der Waals surface area contributed by atoms with E-state index in [1.165, 1.54) is 4.90 Å². The Labute approximate surface area is 135 Å². The molecule has 6 nitrogen and oxygen atoms in total. The topological polar surface area (TPSA) is 71.9 Å². The van der Waals surface area contributed by atoms with Gasteiger partial charge in [0.1, 0.15) is 11.9 Å². The minimum absolute atomic E-state index is 0.145. The second-order valence-electron chi connectivity index (χ2n) is 6.08. The molecule has 1 atom stereocenters. The second-order valence-corrected chi connectivity index (χ2v) is 6.08. The Morgan fingerprint density at radius 3 is 2.83 bits per heavy atom. The van der Waals surface area contributed by atoms with Crippen LogP contribution in [-0.4, -0.2) is 53.5 Å². The van der Waals surface area contributed by atoms with Gasteiger partial charge in [0, 0.05) is 38.0 Å². The summed E-state index contributed by atoms with van der Waals surface area (Å²) in [5.41, 5.74) is 1.85. The second kappa shape index (κ2) is 7.00. The highest BCUT2D eigenvalue weighted by Gasteiger charge is 2.28. The van der Waals surface area contributed by atoms with E-state index in [0.29, 0.717) is 13.1 Å². The molecule has 0 saturated carbocycles. The molecule has 3 rings (SSSR count). The molecule has 0 spiro atoms. The Morgan fingerprint density at radius 1 is 1.35 bits per heavy atom. The molecule has 2 fully saturated rings. The lowest BCUT2D eigenvalue weighted by molar-refractivity contribution is 0.0254. The van der Waals surface area contributed by atoms with Crippen LogP contribution in [0.1, 0.15) is 24.8 Å². The maximum absolute atomic E-state index is 11.0. The molecule has 0 bridgehead atoms. The fourth-order valence-electron chi connectivity index (χ4n) is 3.10. The van der Waals surface area contributed by atoms with Gasteiger partial charge in [0.15, 0.2) is 0 Å². The Kier molecular flexibility index (Phi) is 4.81. The van der Waals surface area contributed by atoms with E-state index in [4.69, 9.17) is 14.6 Å². The van der Waals surface area contributed by atoms with Crippen molar-refractivity contribution in [2.24, 2.45) is 5.92 Å². The Balaban J connectivity index is 1.64. The van der Waals surface area contributed by atoms with Crippen LogP contribution in [-0.2, 0) is 4.74 Å². The molecule has 23 heavy (non-hydrogen) atoms. The number of rotatable bonds is 4. The molecule has 3 heterocycles. The van der Waals surface area contributed by atoms with Crippen molar-refractivity contribution < 1.29 is 19.4 Å². The lowest BCUT2D eigenvalue weighted by Crippen LogP contribution is -2.26. The van der Waals surface area contributed by atoms with Gasteiger partial charge in [0.2, 0.25) is 0 Å². The van der Waals surface area contributed by atoms with Crippen LogP contribution in [0.15, 0.2) is 25.0 Å². The number of pyridine rings is 1. The largest absolute Gasteiger partial charge is 0.489 e. The molecule has 0 aromatic carbocycles. The van der Waals surface area contributed by atoms with Gasteiger partial charge in [-0.2, -0.15) is 0 Å². The first-order chi connectivity index (χ1) is 11.1. The molecule has 2 saturated heterocycles. The first kappa shape index (κ1) is 15.8. The summed E-state index contributed by atoms with van der Waals surface area (Å²) in [5.74, 6) is 0.884. The van der Waals surface area contributed by atoms with Gasteiger partial charge >= 0.3 is 6.09 Å². The molecule has 2 aliphatic rings. The fourth-order valence-corrected chi connectivity index (χ4v) is 3.10. The predicted octanol–water partition coefficient (Wildman–Crippen LogP) is 2.65. The summed E-state index contributed by atoms with van der Waals surface area (Å²) in [5, 5.41) is 9.06. The van der Waals surface area contributed by atoms with Gasteiger partial charge in [0.05, 0.1) is 19.4 Å². The summed E-state index contributed by atoms with van der Waals surface area (Å²) in [6, 6.07) is 1.95. The normalized spacial score (nSPS) is 22.1. The van der Waals surface area contributed by atoms with E-state index in [1.807, 2.05) is 6.07 Å². The number of hydrogen-bond acceptors (Lipinski definition) is 4. The van der Waals surface area contributed by atoms with E-state index in [-0.39, 0.29) is 12.0 Å². The highest BCUT2D eigenvalue weighted by atomic mass is 16.5. The maximum Gasteiger partial charge on any atom is 0.407 e. The van der Waals surface area contributed by atoms with Crippen molar-refractivity contribution in [1.29, 1.82) is 0 Å². The smallest absolute Gasteiger partial charge is 0.407 e. The third-order valence-corrected chi connectivity index (χ3v) is 4.51. The van der Waals surface area contributed by atoms with Crippen molar-refractivity contribution in [3.05, 3.63) is 30.6 Å². The van der Waals surface area contributed by atoms with Crippen LogP contribution in [0.2, 0.25) is 0 Å². The number of carboxylic acid groups (broad SMARTS) is 1. The summed E-state index contributed by atoms with van der Waals surface area (Å²) >= 11 is 0. The van der Waals surface area contributed by atoms with Gasteiger partial charge in [-0.05, 0) is 23.6 Å². The van der Waals surface area contributed by atoms with Crippen LogP contribution in [0.5, 0.6) is 5.75 Å². The van der Waals surface area contributed by atoms with Crippen molar-refractivity contribution in [2.75, 3.05) is 26.3 Å². The average Bonchev–Trinajstić information content (AvgIpc) is 3.06. The molecule has 2 aliphatic heterocycles. The van der Waals surface area contributed by atoms with Crippen molar-refractivity contribution in [3.63, 3.8) is 0 Å². The lowest BCUT2D eigenvalue weighted by atomic mass is 9.94. The molecule has 1 aromatic rings. The quantitative estimate of drug-likeness (QED) is 0.924. The number of amides is 1. The Bertz CT molecular complexity index is 584. The van der Waals surface area contributed by atoms with Crippen LogP contribution in [0, 0.1) is 5.92 Å². The zero-order valence-corrected chi connectivity index (χ0v) is 13.1. The zero-order chi connectivity index (χ0) is 16.2. The fraction of sp³-hybridized carbons (Fsp3) is 0.529. The number of nitrogens with zero attached hydrogens (tertiary/aromatic N) is 2. The summed E-state index contributed by atoms with van der Waals surface area (Å²) in [4.78, 5) is 16.7. The van der Waals surface area contributed by atoms with Crippen molar-refractivity contribution in [1.82, 2.24) is 9.88 Å². The monoisotopic (exact) mass is 318 g/mol. The number of likely N-dealkylation sites (tertiary alicyclic amines) is 1. The molecule has 0 aliphatic carbocycles. The molecule has 6 heteroatoms. The predicted molar refractivity (Wildman–Crippen MR) is 85.4 cm³/mol. The van der Waals surface area contributed by atoms with Crippen LogP contribution in [0.3, 0.4) is 0 Å². The van der Waals surface area contributed by atoms with E-state index >= 15 is 0 Å². The van der Waals surface area contributed by atoms with Gasteiger partial charge < -0.3 is 19.5 Å². The van der Waals surface area contributed by atoms with E-state index in [1.54, 1.807) is 12.4 Å². The highest BCUT2D eigenvalue weighted by molar-refractivity contribution is 5.69. The highest BCUT2D eigenvalue weighted by Crippen LogP contribution is 2.31. The molecular weight excluding hydrogens is 296 g/mol. The van der Waals surface area contributed by atoms with Crippen molar-refractivity contribution in [2.45, 2.75) is 25.4 Å². The average molecular weight is 318 g/mol. The number of aromatic nitrogens is 1. The first-order valence-electron chi connectivity index (χ1n) is 8.00. The van der Waals surface area contributed by atoms with Crippen molar-refractivity contribution >= 4 is 11.7 Å². The minimum atomic E-state index is -0.866. The minimum Gasteiger partial charge on any atom is -0.489 e. The molecule has 0 radical (unpaired) electrons. The molecule has 1 N–H and O–H groups in total. The Morgan fingerprint density at radius 2 is 2.13 bits per heavy atom. The van der Waals surface area contributed by atoms with Gasteiger partial charge in [0.25, 0.3) is 0 Å². The van der Waals surface area contributed by atoms with Gasteiger partial charge in [-0.3, -0.25) is 4.98 Å². The zero-order valence-electron chi connectivity index (χ0n) is 13.1. The van der Waals surface area contributed by atoms with Crippen LogP contribution < -0.4 is 4.74 Å². The Hall–Kier alpha value is -2.08. The van der Waals surface area contributed by atoms with Crippen molar-refractivity contribution in [3.8, 4) is 5.75 Å². The van der Waals surface area contributed by atoms with Gasteiger partial charge in [-0.1, -0.05) is 6.58 Å². The SMILES string of the molecule is C=C(c1cncc(OC2CCOCC2)c1)C1CCN(C(=O)O)C1. The molecule has 1 amide bonds.